The van der Waals surface area contributed by atoms with Gasteiger partial charge in [-0.25, -0.2) is 0 Å². The van der Waals surface area contributed by atoms with Gasteiger partial charge in [0.25, 0.3) is 0 Å². The summed E-state index contributed by atoms with van der Waals surface area (Å²) in [6, 6.07) is 0. The Bertz CT molecular complexity index is 121. The van der Waals surface area contributed by atoms with E-state index >= 15 is 0 Å². The second-order valence-electron chi connectivity index (χ2n) is 4.00. The average molecular weight is 190 g/mol. The summed E-state index contributed by atoms with van der Waals surface area (Å²) < 4.78 is 10.8. The molecule has 0 saturated carbocycles. The normalized spacial score (nSPS) is 12.5. The Hall–Kier alpha value is -0.120. The highest BCUT2D eigenvalue weighted by Gasteiger charge is 2.17. The van der Waals surface area contributed by atoms with Crippen LogP contribution in [0.4, 0.5) is 0 Å². The van der Waals surface area contributed by atoms with Crippen molar-refractivity contribution < 1.29 is 14.6 Å². The van der Waals surface area contributed by atoms with Gasteiger partial charge < -0.3 is 14.6 Å². The Balaban J connectivity index is 3.50. The highest BCUT2D eigenvalue weighted by molar-refractivity contribution is 4.67. The minimum Gasteiger partial charge on any atom is -0.394 e. The molecule has 0 fully saturated rings. The monoisotopic (exact) mass is 190 g/mol. The van der Waals surface area contributed by atoms with Gasteiger partial charge in [0.05, 0.1) is 24.9 Å². The van der Waals surface area contributed by atoms with Crippen molar-refractivity contribution in [3.05, 3.63) is 0 Å². The van der Waals surface area contributed by atoms with E-state index in [4.69, 9.17) is 14.6 Å². The highest BCUT2D eigenvalue weighted by atomic mass is 16.5. The SMILES string of the molecule is CC(C)OCCC(C)(C)OCCO. The predicted molar refractivity (Wildman–Crippen MR) is 52.8 cm³/mol. The molecule has 0 rings (SSSR count). The lowest BCUT2D eigenvalue weighted by molar-refractivity contribution is -0.0575. The van der Waals surface area contributed by atoms with Gasteiger partial charge in [-0.15, -0.1) is 0 Å². The number of hydrogen-bond donors (Lipinski definition) is 1. The van der Waals surface area contributed by atoms with Crippen LogP contribution in [-0.2, 0) is 9.47 Å². The largest absolute Gasteiger partial charge is 0.394 e. The lowest BCUT2D eigenvalue weighted by atomic mass is 10.1. The fourth-order valence-corrected chi connectivity index (χ4v) is 0.935. The van der Waals surface area contributed by atoms with Gasteiger partial charge in [0.1, 0.15) is 0 Å². The standard InChI is InChI=1S/C10H22O3/c1-9(2)12-7-5-10(3,4)13-8-6-11/h9,11H,5-8H2,1-4H3. The van der Waals surface area contributed by atoms with Crippen molar-refractivity contribution in [3.8, 4) is 0 Å². The van der Waals surface area contributed by atoms with E-state index in [9.17, 15) is 0 Å². The second kappa shape index (κ2) is 6.35. The summed E-state index contributed by atoms with van der Waals surface area (Å²) in [6.07, 6.45) is 1.12. The van der Waals surface area contributed by atoms with Crippen molar-refractivity contribution in [1.29, 1.82) is 0 Å². The van der Waals surface area contributed by atoms with Crippen molar-refractivity contribution in [2.45, 2.75) is 45.8 Å². The molecule has 0 aromatic carbocycles. The Kier molecular flexibility index (Phi) is 6.29. The van der Waals surface area contributed by atoms with Crippen molar-refractivity contribution in [2.75, 3.05) is 19.8 Å². The van der Waals surface area contributed by atoms with Gasteiger partial charge in [-0.3, -0.25) is 0 Å². The molecule has 0 radical (unpaired) electrons. The van der Waals surface area contributed by atoms with Gasteiger partial charge in [0.15, 0.2) is 0 Å². The van der Waals surface area contributed by atoms with E-state index in [-0.39, 0.29) is 18.3 Å². The van der Waals surface area contributed by atoms with Crippen LogP contribution in [0, 0.1) is 0 Å². The first-order valence-electron chi connectivity index (χ1n) is 4.84. The fourth-order valence-electron chi connectivity index (χ4n) is 0.935. The molecular formula is C10H22O3. The van der Waals surface area contributed by atoms with Crippen LogP contribution in [0.5, 0.6) is 0 Å². The highest BCUT2D eigenvalue weighted by Crippen LogP contribution is 2.14. The molecule has 0 amide bonds. The van der Waals surface area contributed by atoms with E-state index in [1.165, 1.54) is 0 Å². The first kappa shape index (κ1) is 12.9. The zero-order valence-corrected chi connectivity index (χ0v) is 9.17. The van der Waals surface area contributed by atoms with Crippen LogP contribution >= 0.6 is 0 Å². The van der Waals surface area contributed by atoms with Crippen LogP contribution in [0.1, 0.15) is 34.1 Å². The van der Waals surface area contributed by atoms with Gasteiger partial charge >= 0.3 is 0 Å². The van der Waals surface area contributed by atoms with E-state index < -0.39 is 0 Å². The van der Waals surface area contributed by atoms with Crippen LogP contribution in [0.3, 0.4) is 0 Å². The third kappa shape index (κ3) is 8.22. The Morgan fingerprint density at radius 3 is 2.31 bits per heavy atom. The van der Waals surface area contributed by atoms with Gasteiger partial charge in [-0.1, -0.05) is 0 Å². The van der Waals surface area contributed by atoms with E-state index in [0.717, 1.165) is 6.42 Å². The summed E-state index contributed by atoms with van der Waals surface area (Å²) >= 11 is 0. The molecule has 0 heterocycles. The third-order valence-corrected chi connectivity index (χ3v) is 1.74. The van der Waals surface area contributed by atoms with Crippen molar-refractivity contribution in [3.63, 3.8) is 0 Å². The minimum atomic E-state index is -0.197. The summed E-state index contributed by atoms with van der Waals surface area (Å²) in [5.41, 5.74) is -0.197. The number of ether oxygens (including phenoxy) is 2. The lowest BCUT2D eigenvalue weighted by Gasteiger charge is -2.25. The number of aliphatic hydroxyl groups excluding tert-OH is 1. The van der Waals surface area contributed by atoms with Gasteiger partial charge in [-0.05, 0) is 34.1 Å². The molecule has 0 atom stereocenters. The average Bonchev–Trinajstić information content (AvgIpc) is 2.00. The predicted octanol–water partition coefficient (Wildman–Crippen LogP) is 1.59. The smallest absolute Gasteiger partial charge is 0.0705 e. The molecule has 80 valence electrons. The summed E-state index contributed by atoms with van der Waals surface area (Å²) in [6.45, 7) is 9.22. The number of rotatable bonds is 7. The van der Waals surface area contributed by atoms with Crippen LogP contribution in [-0.4, -0.2) is 36.6 Å². The molecule has 0 spiro atoms. The summed E-state index contributed by atoms with van der Waals surface area (Å²) in [4.78, 5) is 0. The van der Waals surface area contributed by atoms with Crippen LogP contribution < -0.4 is 0 Å². The van der Waals surface area contributed by atoms with E-state index in [1.54, 1.807) is 0 Å². The molecule has 13 heavy (non-hydrogen) atoms. The Labute approximate surface area is 81.0 Å². The molecule has 0 aromatic rings. The first-order chi connectivity index (χ1) is 5.98. The van der Waals surface area contributed by atoms with Crippen molar-refractivity contribution >= 4 is 0 Å². The van der Waals surface area contributed by atoms with Crippen LogP contribution in [0.25, 0.3) is 0 Å². The molecule has 0 aromatic heterocycles. The van der Waals surface area contributed by atoms with Gasteiger partial charge in [0, 0.05) is 6.61 Å². The first-order valence-corrected chi connectivity index (χ1v) is 4.84. The maximum absolute atomic E-state index is 8.59. The molecule has 3 heteroatoms. The van der Waals surface area contributed by atoms with Gasteiger partial charge in [0.2, 0.25) is 0 Å². The van der Waals surface area contributed by atoms with Crippen LogP contribution in [0.2, 0.25) is 0 Å². The summed E-state index contributed by atoms with van der Waals surface area (Å²) in [5.74, 6) is 0. The maximum Gasteiger partial charge on any atom is 0.0705 e. The summed E-state index contributed by atoms with van der Waals surface area (Å²) in [5, 5.41) is 8.59. The van der Waals surface area contributed by atoms with E-state index in [0.29, 0.717) is 13.2 Å². The van der Waals surface area contributed by atoms with E-state index in [2.05, 4.69) is 0 Å². The maximum atomic E-state index is 8.59. The topological polar surface area (TPSA) is 38.7 Å². The second-order valence-corrected chi connectivity index (χ2v) is 4.00. The molecule has 0 aliphatic rings. The quantitative estimate of drug-likeness (QED) is 0.662. The van der Waals surface area contributed by atoms with E-state index in [1.807, 2.05) is 27.7 Å². The molecule has 0 bridgehead atoms. The Morgan fingerprint density at radius 1 is 1.23 bits per heavy atom. The number of hydrogen-bond acceptors (Lipinski definition) is 3. The fraction of sp³-hybridized carbons (Fsp3) is 1.00. The molecule has 1 N–H and O–H groups in total. The molecule has 3 nitrogen and oxygen atoms in total. The van der Waals surface area contributed by atoms with Crippen LogP contribution in [0.15, 0.2) is 0 Å². The molecule has 0 saturated heterocycles. The zero-order chi connectivity index (χ0) is 10.3. The van der Waals surface area contributed by atoms with Crippen molar-refractivity contribution in [1.82, 2.24) is 0 Å². The molecular weight excluding hydrogens is 168 g/mol. The third-order valence-electron chi connectivity index (χ3n) is 1.74. The number of aliphatic hydroxyl groups is 1. The zero-order valence-electron chi connectivity index (χ0n) is 9.17. The molecule has 0 unspecified atom stereocenters. The minimum absolute atomic E-state index is 0.0778. The Morgan fingerprint density at radius 2 is 1.85 bits per heavy atom. The van der Waals surface area contributed by atoms with Crippen molar-refractivity contribution in [2.24, 2.45) is 0 Å². The van der Waals surface area contributed by atoms with Gasteiger partial charge in [-0.2, -0.15) is 0 Å². The lowest BCUT2D eigenvalue weighted by Crippen LogP contribution is -2.28. The molecule has 0 aliphatic heterocycles. The summed E-state index contributed by atoms with van der Waals surface area (Å²) in [7, 11) is 0. The molecule has 0 aliphatic carbocycles.